The number of hydrogen-bond donors (Lipinski definition) is 1. The van der Waals surface area contributed by atoms with Gasteiger partial charge in [0, 0.05) is 39.6 Å². The van der Waals surface area contributed by atoms with Crippen molar-refractivity contribution in [2.45, 2.75) is 13.3 Å². The van der Waals surface area contributed by atoms with Crippen molar-refractivity contribution in [3.63, 3.8) is 0 Å². The van der Waals surface area contributed by atoms with E-state index in [1.807, 2.05) is 30.3 Å². The van der Waals surface area contributed by atoms with Crippen molar-refractivity contribution >= 4 is 17.7 Å². The van der Waals surface area contributed by atoms with Crippen LogP contribution in [0.4, 0.5) is 0 Å². The summed E-state index contributed by atoms with van der Waals surface area (Å²) in [7, 11) is 0. The fourth-order valence-electron chi connectivity index (χ4n) is 2.41. The summed E-state index contributed by atoms with van der Waals surface area (Å²) >= 11 is 0. The highest BCUT2D eigenvalue weighted by Gasteiger charge is 2.26. The van der Waals surface area contributed by atoms with E-state index in [1.54, 1.807) is 4.90 Å². The summed E-state index contributed by atoms with van der Waals surface area (Å²) in [5.74, 6) is -1.09. The predicted octanol–water partition coefficient (Wildman–Crippen LogP) is 0.0360. The monoisotopic (exact) mass is 303 g/mol. The van der Waals surface area contributed by atoms with Crippen LogP contribution >= 0.6 is 0 Å². The predicted molar refractivity (Wildman–Crippen MR) is 82.0 cm³/mol. The Morgan fingerprint density at radius 1 is 1.00 bits per heavy atom. The molecule has 0 aliphatic carbocycles. The number of rotatable bonds is 3. The molecule has 0 unspecified atom stereocenters. The maximum atomic E-state index is 12.0. The molecule has 0 atom stereocenters. The van der Waals surface area contributed by atoms with Crippen LogP contribution in [0.1, 0.15) is 12.5 Å². The minimum absolute atomic E-state index is 0.000545. The van der Waals surface area contributed by atoms with Crippen LogP contribution in [-0.2, 0) is 20.8 Å². The van der Waals surface area contributed by atoms with E-state index in [4.69, 9.17) is 0 Å². The topological polar surface area (TPSA) is 69.7 Å². The molecule has 1 aliphatic heterocycles. The third kappa shape index (κ3) is 4.31. The lowest BCUT2D eigenvalue weighted by atomic mass is 10.1. The first kappa shape index (κ1) is 16.0. The van der Waals surface area contributed by atoms with E-state index in [9.17, 15) is 14.4 Å². The molecule has 3 amide bonds. The fraction of sp³-hybridized carbons (Fsp3) is 0.438. The van der Waals surface area contributed by atoms with E-state index in [-0.39, 0.29) is 5.91 Å². The first-order valence-electron chi connectivity index (χ1n) is 7.44. The van der Waals surface area contributed by atoms with Crippen molar-refractivity contribution in [2.24, 2.45) is 0 Å². The Hall–Kier alpha value is -2.37. The van der Waals surface area contributed by atoms with Crippen LogP contribution in [0.2, 0.25) is 0 Å². The average molecular weight is 303 g/mol. The highest BCUT2D eigenvalue weighted by molar-refractivity contribution is 6.35. The van der Waals surface area contributed by atoms with Gasteiger partial charge in [0.2, 0.25) is 5.91 Å². The molecule has 1 aromatic carbocycles. The van der Waals surface area contributed by atoms with Gasteiger partial charge in [0.15, 0.2) is 0 Å². The molecule has 6 nitrogen and oxygen atoms in total. The molecule has 1 aromatic rings. The third-order valence-corrected chi connectivity index (χ3v) is 3.75. The van der Waals surface area contributed by atoms with Crippen LogP contribution in [0.5, 0.6) is 0 Å². The molecule has 118 valence electrons. The van der Waals surface area contributed by atoms with E-state index in [0.717, 1.165) is 5.56 Å². The van der Waals surface area contributed by atoms with Gasteiger partial charge in [-0.1, -0.05) is 30.3 Å². The number of hydrogen-bond acceptors (Lipinski definition) is 3. The number of carbonyl (C=O) groups is 3. The van der Waals surface area contributed by atoms with Gasteiger partial charge in [0.25, 0.3) is 0 Å². The summed E-state index contributed by atoms with van der Waals surface area (Å²) in [6, 6.07) is 9.78. The Bertz CT molecular complexity index is 537. The standard InChI is InChI=1S/C16H21N3O3/c1-13(20)18-9-11-19(12-10-18)16(22)15(21)17-8-7-14-5-3-2-4-6-14/h2-6H,7-12H2,1H3,(H,17,21). The minimum Gasteiger partial charge on any atom is -0.347 e. The average Bonchev–Trinajstić information content (AvgIpc) is 2.55. The zero-order valence-electron chi connectivity index (χ0n) is 12.7. The van der Waals surface area contributed by atoms with Crippen molar-refractivity contribution in [1.82, 2.24) is 15.1 Å². The number of nitrogens with zero attached hydrogens (tertiary/aromatic N) is 2. The molecular weight excluding hydrogens is 282 g/mol. The smallest absolute Gasteiger partial charge is 0.312 e. The van der Waals surface area contributed by atoms with Crippen molar-refractivity contribution in [2.75, 3.05) is 32.7 Å². The van der Waals surface area contributed by atoms with Gasteiger partial charge < -0.3 is 15.1 Å². The lowest BCUT2D eigenvalue weighted by Crippen LogP contribution is -2.53. The number of benzene rings is 1. The molecule has 0 aromatic heterocycles. The largest absolute Gasteiger partial charge is 0.347 e. The second-order valence-corrected chi connectivity index (χ2v) is 5.29. The maximum absolute atomic E-state index is 12.0. The van der Waals surface area contributed by atoms with Gasteiger partial charge in [0.1, 0.15) is 0 Å². The van der Waals surface area contributed by atoms with E-state index >= 15 is 0 Å². The lowest BCUT2D eigenvalue weighted by molar-refractivity contribution is -0.148. The molecule has 1 fully saturated rings. The maximum Gasteiger partial charge on any atom is 0.312 e. The number of nitrogens with one attached hydrogen (secondary N) is 1. The fourth-order valence-corrected chi connectivity index (χ4v) is 2.41. The van der Waals surface area contributed by atoms with E-state index in [2.05, 4.69) is 5.32 Å². The SMILES string of the molecule is CC(=O)N1CCN(C(=O)C(=O)NCCc2ccccc2)CC1. The van der Waals surface area contributed by atoms with Crippen molar-refractivity contribution in [3.05, 3.63) is 35.9 Å². The number of piperazine rings is 1. The summed E-state index contributed by atoms with van der Waals surface area (Å²) in [5, 5.41) is 2.65. The van der Waals surface area contributed by atoms with Crippen molar-refractivity contribution in [3.8, 4) is 0 Å². The molecule has 0 bridgehead atoms. The Balaban J connectivity index is 1.73. The molecule has 1 aliphatic rings. The van der Waals surface area contributed by atoms with Crippen LogP contribution < -0.4 is 5.32 Å². The zero-order chi connectivity index (χ0) is 15.9. The zero-order valence-corrected chi connectivity index (χ0v) is 12.7. The van der Waals surface area contributed by atoms with Gasteiger partial charge >= 0.3 is 11.8 Å². The molecule has 0 spiro atoms. The van der Waals surface area contributed by atoms with Gasteiger partial charge in [-0.2, -0.15) is 0 Å². The first-order valence-corrected chi connectivity index (χ1v) is 7.44. The number of carbonyl (C=O) groups excluding carboxylic acids is 3. The van der Waals surface area contributed by atoms with E-state index < -0.39 is 11.8 Å². The minimum atomic E-state index is -0.577. The molecule has 0 saturated carbocycles. The molecule has 0 radical (unpaired) electrons. The summed E-state index contributed by atoms with van der Waals surface area (Å²) in [5.41, 5.74) is 1.12. The molecule has 1 heterocycles. The highest BCUT2D eigenvalue weighted by Crippen LogP contribution is 2.03. The van der Waals surface area contributed by atoms with Crippen LogP contribution in [0.25, 0.3) is 0 Å². The van der Waals surface area contributed by atoms with E-state index in [1.165, 1.54) is 11.8 Å². The normalized spacial score (nSPS) is 14.6. The molecule has 1 N–H and O–H groups in total. The third-order valence-electron chi connectivity index (χ3n) is 3.75. The van der Waals surface area contributed by atoms with Crippen LogP contribution in [0.15, 0.2) is 30.3 Å². The van der Waals surface area contributed by atoms with Crippen LogP contribution in [0.3, 0.4) is 0 Å². The first-order chi connectivity index (χ1) is 10.6. The Labute approximate surface area is 130 Å². The quantitative estimate of drug-likeness (QED) is 0.801. The van der Waals surface area contributed by atoms with Crippen LogP contribution in [0, 0.1) is 0 Å². The molecule has 6 heteroatoms. The Morgan fingerprint density at radius 3 is 2.18 bits per heavy atom. The molecule has 2 rings (SSSR count). The summed E-state index contributed by atoms with van der Waals surface area (Å²) in [6.45, 7) is 3.72. The molecule has 22 heavy (non-hydrogen) atoms. The van der Waals surface area contributed by atoms with E-state index in [0.29, 0.717) is 39.1 Å². The lowest BCUT2D eigenvalue weighted by Gasteiger charge is -2.33. The molecule has 1 saturated heterocycles. The van der Waals surface area contributed by atoms with Crippen molar-refractivity contribution < 1.29 is 14.4 Å². The van der Waals surface area contributed by atoms with Gasteiger partial charge in [-0.3, -0.25) is 14.4 Å². The van der Waals surface area contributed by atoms with Gasteiger partial charge in [-0.25, -0.2) is 0 Å². The summed E-state index contributed by atoms with van der Waals surface area (Å²) in [6.07, 6.45) is 0.692. The second kappa shape index (κ2) is 7.59. The Kier molecular flexibility index (Phi) is 5.52. The highest BCUT2D eigenvalue weighted by atomic mass is 16.2. The number of amides is 3. The summed E-state index contributed by atoms with van der Waals surface area (Å²) < 4.78 is 0. The van der Waals surface area contributed by atoms with Crippen molar-refractivity contribution in [1.29, 1.82) is 0 Å². The van der Waals surface area contributed by atoms with Crippen LogP contribution in [-0.4, -0.2) is 60.2 Å². The summed E-state index contributed by atoms with van der Waals surface area (Å²) in [4.78, 5) is 38.3. The van der Waals surface area contributed by atoms with Gasteiger partial charge in [0.05, 0.1) is 0 Å². The van der Waals surface area contributed by atoms with Gasteiger partial charge in [-0.15, -0.1) is 0 Å². The Morgan fingerprint density at radius 2 is 1.59 bits per heavy atom. The van der Waals surface area contributed by atoms with Gasteiger partial charge in [-0.05, 0) is 12.0 Å². The molecular formula is C16H21N3O3. The second-order valence-electron chi connectivity index (χ2n) is 5.29.